The van der Waals surface area contributed by atoms with Crippen molar-refractivity contribution in [1.29, 1.82) is 0 Å². The van der Waals surface area contributed by atoms with Gasteiger partial charge < -0.3 is 14.1 Å². The lowest BCUT2D eigenvalue weighted by Crippen LogP contribution is -2.44. The number of hydrogen-bond donors (Lipinski definition) is 0. The highest BCUT2D eigenvalue weighted by Gasteiger charge is 2.42. The number of sulfone groups is 1. The molecule has 144 valence electrons. The molecule has 1 aliphatic carbocycles. The molecule has 0 bridgehead atoms. The Bertz CT molecular complexity index is 1010. The first kappa shape index (κ1) is 18.3. The first-order valence-electron chi connectivity index (χ1n) is 8.70. The lowest BCUT2D eigenvalue weighted by atomic mass is 10.2. The van der Waals surface area contributed by atoms with Crippen LogP contribution in [0, 0.1) is 0 Å². The summed E-state index contributed by atoms with van der Waals surface area (Å²) in [5.74, 6) is -1.05. The highest BCUT2D eigenvalue weighted by molar-refractivity contribution is 7.91. The second kappa shape index (κ2) is 6.83. The first-order chi connectivity index (χ1) is 12.8. The molecule has 27 heavy (non-hydrogen) atoms. The van der Waals surface area contributed by atoms with Gasteiger partial charge >= 0.3 is 5.97 Å². The molecule has 1 atom stereocenters. The fourth-order valence-corrected chi connectivity index (χ4v) is 5.33. The normalized spacial score (nSPS) is 21.3. The third-order valence-electron chi connectivity index (χ3n) is 4.84. The van der Waals surface area contributed by atoms with E-state index in [1.165, 1.54) is 6.07 Å². The van der Waals surface area contributed by atoms with E-state index in [4.69, 9.17) is 20.8 Å². The molecule has 2 aliphatic rings. The van der Waals surface area contributed by atoms with Crippen LogP contribution in [0.2, 0.25) is 5.02 Å². The summed E-state index contributed by atoms with van der Waals surface area (Å²) in [6.07, 6.45) is 2.13. The maximum absolute atomic E-state index is 12.6. The second-order valence-corrected chi connectivity index (χ2v) is 9.62. The standard InChI is InChI=1S/C18H18ClNO6S/c19-12-1-4-15-11(7-12)8-16(26-15)18(22)25-9-17(21)20(13-2-3-13)14-5-6-27(23,24)10-14/h1,4,7-8,13-14H,2-3,5-6,9-10H2/t14-/m1/s1. The maximum Gasteiger partial charge on any atom is 0.374 e. The summed E-state index contributed by atoms with van der Waals surface area (Å²) in [4.78, 5) is 26.4. The zero-order valence-corrected chi connectivity index (χ0v) is 16.0. The van der Waals surface area contributed by atoms with Crippen LogP contribution in [0.25, 0.3) is 11.0 Å². The SMILES string of the molecule is O=C(OCC(=O)N(C1CC1)[C@@H]1CCS(=O)(=O)C1)c1cc2cc(Cl)ccc2o1. The molecule has 1 saturated carbocycles. The summed E-state index contributed by atoms with van der Waals surface area (Å²) < 4.78 is 34.0. The van der Waals surface area contributed by atoms with Gasteiger partial charge in [-0.3, -0.25) is 4.79 Å². The molecule has 1 aromatic carbocycles. The van der Waals surface area contributed by atoms with E-state index >= 15 is 0 Å². The van der Waals surface area contributed by atoms with Crippen molar-refractivity contribution in [3.63, 3.8) is 0 Å². The van der Waals surface area contributed by atoms with Crippen LogP contribution < -0.4 is 0 Å². The molecule has 2 aromatic rings. The summed E-state index contributed by atoms with van der Waals surface area (Å²) in [5.41, 5.74) is 0.494. The van der Waals surface area contributed by atoms with Crippen LogP contribution >= 0.6 is 11.6 Å². The number of rotatable bonds is 5. The summed E-state index contributed by atoms with van der Waals surface area (Å²) in [7, 11) is -3.10. The van der Waals surface area contributed by atoms with Crippen molar-refractivity contribution in [3.05, 3.63) is 35.0 Å². The third kappa shape index (κ3) is 3.96. The third-order valence-corrected chi connectivity index (χ3v) is 6.82. The topological polar surface area (TPSA) is 93.9 Å². The Morgan fingerprint density at radius 3 is 2.63 bits per heavy atom. The van der Waals surface area contributed by atoms with Crippen molar-refractivity contribution in [2.24, 2.45) is 0 Å². The molecule has 0 unspecified atom stereocenters. The summed E-state index contributed by atoms with van der Waals surface area (Å²) >= 11 is 5.91. The zero-order valence-electron chi connectivity index (χ0n) is 14.4. The Morgan fingerprint density at radius 2 is 1.96 bits per heavy atom. The number of hydrogen-bond acceptors (Lipinski definition) is 6. The molecular formula is C18H18ClNO6S. The Balaban J connectivity index is 1.41. The Kier molecular flexibility index (Phi) is 4.63. The number of esters is 1. The monoisotopic (exact) mass is 411 g/mol. The average Bonchev–Trinajstić information content (AvgIpc) is 3.24. The number of amides is 1. The summed E-state index contributed by atoms with van der Waals surface area (Å²) in [5, 5.41) is 1.18. The lowest BCUT2D eigenvalue weighted by molar-refractivity contribution is -0.137. The van der Waals surface area contributed by atoms with Gasteiger partial charge in [-0.15, -0.1) is 0 Å². The van der Waals surface area contributed by atoms with Crippen molar-refractivity contribution in [2.75, 3.05) is 18.1 Å². The minimum absolute atomic E-state index is 0.0125. The molecule has 9 heteroatoms. The number of halogens is 1. The number of ether oxygens (including phenoxy) is 1. The molecule has 1 amide bonds. The van der Waals surface area contributed by atoms with Gasteiger partial charge in [-0.2, -0.15) is 0 Å². The number of nitrogens with zero attached hydrogens (tertiary/aromatic N) is 1. The van der Waals surface area contributed by atoms with Crippen LogP contribution in [0.3, 0.4) is 0 Å². The zero-order chi connectivity index (χ0) is 19.2. The van der Waals surface area contributed by atoms with Crippen LogP contribution in [0.5, 0.6) is 0 Å². The van der Waals surface area contributed by atoms with Gasteiger partial charge in [0, 0.05) is 22.5 Å². The minimum atomic E-state index is -3.10. The molecule has 0 radical (unpaired) electrons. The molecule has 4 rings (SSSR count). The van der Waals surface area contributed by atoms with Gasteiger partial charge in [0.2, 0.25) is 5.76 Å². The van der Waals surface area contributed by atoms with E-state index in [1.54, 1.807) is 23.1 Å². The molecule has 0 N–H and O–H groups in total. The molecule has 2 fully saturated rings. The van der Waals surface area contributed by atoms with E-state index in [0.717, 1.165) is 12.8 Å². The summed E-state index contributed by atoms with van der Waals surface area (Å²) in [6.45, 7) is -0.441. The van der Waals surface area contributed by atoms with Gasteiger partial charge in [-0.25, -0.2) is 13.2 Å². The quantitative estimate of drug-likeness (QED) is 0.701. The smallest absolute Gasteiger partial charge is 0.374 e. The van der Waals surface area contributed by atoms with Crippen LogP contribution in [0.15, 0.2) is 28.7 Å². The predicted molar refractivity (Wildman–Crippen MR) is 98.4 cm³/mol. The van der Waals surface area contributed by atoms with Crippen molar-refractivity contribution in [2.45, 2.75) is 31.3 Å². The van der Waals surface area contributed by atoms with Crippen LogP contribution in [0.1, 0.15) is 29.8 Å². The lowest BCUT2D eigenvalue weighted by Gasteiger charge is -2.28. The number of carbonyl (C=O) groups excluding carboxylic acids is 2. The van der Waals surface area contributed by atoms with Gasteiger partial charge in [0.25, 0.3) is 5.91 Å². The van der Waals surface area contributed by atoms with Crippen LogP contribution in [-0.2, 0) is 19.4 Å². The molecule has 2 heterocycles. The maximum atomic E-state index is 12.6. The Morgan fingerprint density at radius 1 is 1.19 bits per heavy atom. The first-order valence-corrected chi connectivity index (χ1v) is 10.9. The molecule has 7 nitrogen and oxygen atoms in total. The molecular weight excluding hydrogens is 394 g/mol. The van der Waals surface area contributed by atoms with E-state index in [0.29, 0.717) is 22.4 Å². The van der Waals surface area contributed by atoms with Crippen molar-refractivity contribution >= 4 is 44.3 Å². The second-order valence-electron chi connectivity index (χ2n) is 6.96. The minimum Gasteiger partial charge on any atom is -0.450 e. The molecule has 1 aliphatic heterocycles. The predicted octanol–water partition coefficient (Wildman–Crippen LogP) is 2.42. The Hall–Kier alpha value is -2.06. The fourth-order valence-electron chi connectivity index (χ4n) is 3.44. The van der Waals surface area contributed by atoms with Crippen molar-refractivity contribution in [3.8, 4) is 0 Å². The number of fused-ring (bicyclic) bond motifs is 1. The number of benzene rings is 1. The molecule has 0 spiro atoms. The van der Waals surface area contributed by atoms with Gasteiger partial charge in [-0.1, -0.05) is 11.6 Å². The van der Waals surface area contributed by atoms with Crippen LogP contribution in [-0.4, -0.2) is 55.4 Å². The van der Waals surface area contributed by atoms with Gasteiger partial charge in [0.15, 0.2) is 16.4 Å². The van der Waals surface area contributed by atoms with Gasteiger partial charge in [-0.05, 0) is 43.5 Å². The summed E-state index contributed by atoms with van der Waals surface area (Å²) in [6, 6.07) is 6.18. The van der Waals surface area contributed by atoms with Crippen molar-refractivity contribution in [1.82, 2.24) is 4.90 Å². The largest absolute Gasteiger partial charge is 0.450 e. The van der Waals surface area contributed by atoms with Crippen LogP contribution in [0.4, 0.5) is 0 Å². The van der Waals surface area contributed by atoms with Crippen molar-refractivity contribution < 1.29 is 27.2 Å². The number of carbonyl (C=O) groups is 2. The number of furan rings is 1. The fraction of sp³-hybridized carbons (Fsp3) is 0.444. The van der Waals surface area contributed by atoms with E-state index in [1.807, 2.05) is 0 Å². The van der Waals surface area contributed by atoms with E-state index in [2.05, 4.69) is 0 Å². The molecule has 1 saturated heterocycles. The van der Waals surface area contributed by atoms with Gasteiger partial charge in [0.05, 0.1) is 11.5 Å². The van der Waals surface area contributed by atoms with E-state index in [9.17, 15) is 18.0 Å². The van der Waals surface area contributed by atoms with E-state index < -0.39 is 22.4 Å². The highest BCUT2D eigenvalue weighted by Crippen LogP contribution is 2.32. The average molecular weight is 412 g/mol. The molecule has 1 aromatic heterocycles. The van der Waals surface area contributed by atoms with Gasteiger partial charge in [0.1, 0.15) is 5.58 Å². The Labute approximate surface area is 161 Å². The van der Waals surface area contributed by atoms with E-state index in [-0.39, 0.29) is 35.3 Å². The highest BCUT2D eigenvalue weighted by atomic mass is 35.5.